The van der Waals surface area contributed by atoms with Crippen molar-refractivity contribution >= 4 is 62.9 Å². The maximum atomic E-state index is 12.6. The number of likely N-dealkylation sites (N-methyl/N-ethyl adjacent to an activating group) is 2. The van der Waals surface area contributed by atoms with E-state index in [2.05, 4.69) is 11.0 Å². The van der Waals surface area contributed by atoms with Gasteiger partial charge < -0.3 is 4.90 Å². The van der Waals surface area contributed by atoms with Gasteiger partial charge in [0, 0.05) is 30.3 Å². The number of hydrogen-bond acceptors (Lipinski definition) is 6. The lowest BCUT2D eigenvalue weighted by molar-refractivity contribution is -0.132. The van der Waals surface area contributed by atoms with E-state index in [1.165, 1.54) is 21.1 Å². The molecule has 1 aromatic heterocycles. The van der Waals surface area contributed by atoms with E-state index in [0.29, 0.717) is 5.56 Å². The number of carbonyl (C=O) groups excluding carboxylic acids is 2. The third-order valence-corrected chi connectivity index (χ3v) is 6.60. The van der Waals surface area contributed by atoms with Crippen LogP contribution in [0.4, 0.5) is 16.4 Å². The summed E-state index contributed by atoms with van der Waals surface area (Å²) in [7, 11) is 3.12. The van der Waals surface area contributed by atoms with E-state index < -0.39 is 11.8 Å². The average Bonchev–Trinajstić information content (AvgIpc) is 3.28. The fourth-order valence-corrected chi connectivity index (χ4v) is 4.48. The SMILES string of the molecule is CN1C(=O)C(=Cc2ccc(N(c3ccccc3)c3ccc(C#N)cc3)s2)C(=O)N(C)C1=S. The number of amides is 2. The van der Waals surface area contributed by atoms with Gasteiger partial charge in [0.25, 0.3) is 11.8 Å². The number of thiophene rings is 1. The third-order valence-electron chi connectivity index (χ3n) is 5.03. The van der Waals surface area contributed by atoms with Gasteiger partial charge in [-0.15, -0.1) is 11.3 Å². The van der Waals surface area contributed by atoms with Crippen LogP contribution < -0.4 is 4.90 Å². The van der Waals surface area contributed by atoms with Gasteiger partial charge in [-0.2, -0.15) is 5.26 Å². The molecular weight excluding hydrogens is 440 g/mol. The second-order valence-corrected chi connectivity index (χ2v) is 8.53. The molecule has 0 bridgehead atoms. The van der Waals surface area contributed by atoms with Crippen LogP contribution in [0.2, 0.25) is 0 Å². The first-order valence-electron chi connectivity index (χ1n) is 9.67. The lowest BCUT2D eigenvalue weighted by atomic mass is 10.1. The Kier molecular flexibility index (Phi) is 5.86. The first kappa shape index (κ1) is 21.4. The van der Waals surface area contributed by atoms with Crippen LogP contribution in [0.25, 0.3) is 6.08 Å². The van der Waals surface area contributed by atoms with E-state index in [1.807, 2.05) is 54.6 Å². The average molecular weight is 459 g/mol. The number of anilines is 3. The van der Waals surface area contributed by atoms with Gasteiger partial charge >= 0.3 is 0 Å². The lowest BCUT2D eigenvalue weighted by Crippen LogP contribution is -2.52. The van der Waals surface area contributed by atoms with E-state index in [9.17, 15) is 9.59 Å². The summed E-state index contributed by atoms with van der Waals surface area (Å²) in [5.41, 5.74) is 2.50. The summed E-state index contributed by atoms with van der Waals surface area (Å²) >= 11 is 6.60. The summed E-state index contributed by atoms with van der Waals surface area (Å²) in [6.45, 7) is 0. The van der Waals surface area contributed by atoms with Crippen LogP contribution >= 0.6 is 23.6 Å². The first-order chi connectivity index (χ1) is 15.4. The third kappa shape index (κ3) is 3.91. The molecule has 2 amide bonds. The zero-order valence-electron chi connectivity index (χ0n) is 17.4. The van der Waals surface area contributed by atoms with Crippen molar-refractivity contribution in [2.45, 2.75) is 0 Å². The van der Waals surface area contributed by atoms with Gasteiger partial charge in [-0.25, -0.2) is 0 Å². The molecule has 0 spiro atoms. The molecule has 8 heteroatoms. The van der Waals surface area contributed by atoms with Crippen LogP contribution in [-0.2, 0) is 9.59 Å². The summed E-state index contributed by atoms with van der Waals surface area (Å²) in [5.74, 6) is -0.833. The molecule has 0 unspecified atom stereocenters. The molecule has 1 fully saturated rings. The number of nitrogens with zero attached hydrogens (tertiary/aromatic N) is 4. The van der Waals surface area contributed by atoms with Crippen molar-refractivity contribution in [3.05, 3.63) is 82.7 Å². The highest BCUT2D eigenvalue weighted by Crippen LogP contribution is 2.39. The molecule has 1 aliphatic heterocycles. The van der Waals surface area contributed by atoms with E-state index in [1.54, 1.807) is 32.3 Å². The molecule has 2 heterocycles. The number of para-hydroxylation sites is 1. The zero-order valence-corrected chi connectivity index (χ0v) is 19.0. The van der Waals surface area contributed by atoms with Gasteiger partial charge in [0.1, 0.15) is 10.6 Å². The van der Waals surface area contributed by atoms with Crippen LogP contribution in [0.3, 0.4) is 0 Å². The molecule has 4 rings (SSSR count). The van der Waals surface area contributed by atoms with E-state index in [-0.39, 0.29) is 10.7 Å². The molecule has 2 aromatic carbocycles. The van der Waals surface area contributed by atoms with Crippen LogP contribution in [0.15, 0.2) is 72.3 Å². The van der Waals surface area contributed by atoms with Gasteiger partial charge in [0.05, 0.1) is 11.6 Å². The zero-order chi connectivity index (χ0) is 22.8. The fraction of sp³-hybridized carbons (Fsp3) is 0.0833. The minimum atomic E-state index is -0.417. The Morgan fingerprint density at radius 3 is 2.09 bits per heavy atom. The van der Waals surface area contributed by atoms with Crippen molar-refractivity contribution in [2.75, 3.05) is 19.0 Å². The molecule has 6 nitrogen and oxygen atoms in total. The second kappa shape index (κ2) is 8.75. The number of carbonyl (C=O) groups is 2. The van der Waals surface area contributed by atoms with Crippen LogP contribution in [0.1, 0.15) is 10.4 Å². The molecule has 1 aliphatic rings. The summed E-state index contributed by atoms with van der Waals surface area (Å²) in [6.07, 6.45) is 1.61. The van der Waals surface area contributed by atoms with Gasteiger partial charge in [-0.1, -0.05) is 18.2 Å². The number of thiocarbonyl (C=S) groups is 1. The Morgan fingerprint density at radius 2 is 1.50 bits per heavy atom. The summed E-state index contributed by atoms with van der Waals surface area (Å²) in [6, 6.07) is 23.1. The predicted molar refractivity (Wildman–Crippen MR) is 130 cm³/mol. The Morgan fingerprint density at radius 1 is 0.906 bits per heavy atom. The van der Waals surface area contributed by atoms with Crippen molar-refractivity contribution in [2.24, 2.45) is 0 Å². The van der Waals surface area contributed by atoms with E-state index in [4.69, 9.17) is 17.5 Å². The highest BCUT2D eigenvalue weighted by molar-refractivity contribution is 7.80. The van der Waals surface area contributed by atoms with Gasteiger partial charge in [0.15, 0.2) is 5.11 Å². The normalized spacial score (nSPS) is 13.9. The predicted octanol–water partition coefficient (Wildman–Crippen LogP) is 4.69. The number of hydrogen-bond donors (Lipinski definition) is 0. The largest absolute Gasteiger partial charge is 0.302 e. The van der Waals surface area contributed by atoms with Crippen molar-refractivity contribution in [1.29, 1.82) is 5.26 Å². The van der Waals surface area contributed by atoms with Crippen molar-refractivity contribution in [3.63, 3.8) is 0 Å². The van der Waals surface area contributed by atoms with Crippen LogP contribution in [0.5, 0.6) is 0 Å². The molecule has 0 N–H and O–H groups in total. The van der Waals surface area contributed by atoms with E-state index in [0.717, 1.165) is 21.3 Å². The molecule has 0 aliphatic carbocycles. The van der Waals surface area contributed by atoms with Crippen molar-refractivity contribution in [3.8, 4) is 6.07 Å². The molecule has 3 aromatic rings. The maximum Gasteiger partial charge on any atom is 0.265 e. The summed E-state index contributed by atoms with van der Waals surface area (Å²) < 4.78 is 0. The van der Waals surface area contributed by atoms with Crippen molar-refractivity contribution in [1.82, 2.24) is 9.80 Å². The highest BCUT2D eigenvalue weighted by Gasteiger charge is 2.35. The molecule has 1 saturated heterocycles. The van der Waals surface area contributed by atoms with Crippen LogP contribution in [-0.4, -0.2) is 40.8 Å². The quantitative estimate of drug-likeness (QED) is 0.322. The maximum absolute atomic E-state index is 12.6. The Labute approximate surface area is 195 Å². The molecule has 0 saturated carbocycles. The smallest absolute Gasteiger partial charge is 0.265 e. The van der Waals surface area contributed by atoms with Gasteiger partial charge in [-0.05, 0) is 66.8 Å². The van der Waals surface area contributed by atoms with Crippen LogP contribution in [0, 0.1) is 11.3 Å². The highest BCUT2D eigenvalue weighted by atomic mass is 32.1. The number of benzene rings is 2. The summed E-state index contributed by atoms with van der Waals surface area (Å²) in [4.78, 5) is 30.7. The summed E-state index contributed by atoms with van der Waals surface area (Å²) in [5, 5.41) is 10.2. The molecule has 0 radical (unpaired) electrons. The molecular formula is C24H18N4O2S2. The number of nitriles is 1. The van der Waals surface area contributed by atoms with Gasteiger partial charge in [-0.3, -0.25) is 19.4 Å². The Balaban J connectivity index is 1.74. The fourth-order valence-electron chi connectivity index (χ4n) is 3.32. The minimum Gasteiger partial charge on any atom is -0.302 e. The number of rotatable bonds is 4. The minimum absolute atomic E-state index is 0.0710. The lowest BCUT2D eigenvalue weighted by Gasteiger charge is -2.31. The molecule has 0 atom stereocenters. The monoisotopic (exact) mass is 458 g/mol. The topological polar surface area (TPSA) is 67.6 Å². The standard InChI is InChI=1S/C24H18N4O2S2/c1-26-22(29)20(23(30)27(2)24(26)31)14-19-12-13-21(32-19)28(17-6-4-3-5-7-17)18-10-8-16(15-25)9-11-18/h3-14H,1-2H3. The Hall–Kier alpha value is -3.80. The second-order valence-electron chi connectivity index (χ2n) is 7.07. The van der Waals surface area contributed by atoms with E-state index >= 15 is 0 Å². The Bertz CT molecular complexity index is 1250. The van der Waals surface area contributed by atoms with Gasteiger partial charge in [0.2, 0.25) is 0 Å². The molecule has 32 heavy (non-hydrogen) atoms. The molecule has 158 valence electrons. The van der Waals surface area contributed by atoms with Crippen molar-refractivity contribution < 1.29 is 9.59 Å². The first-order valence-corrected chi connectivity index (χ1v) is 10.9.